The summed E-state index contributed by atoms with van der Waals surface area (Å²) in [5, 5.41) is 0. The van der Waals surface area contributed by atoms with Crippen LogP contribution in [0.5, 0.6) is 0 Å². The van der Waals surface area contributed by atoms with Crippen molar-refractivity contribution in [3.63, 3.8) is 0 Å². The number of hydrogen-bond acceptors (Lipinski definition) is 6. The van der Waals surface area contributed by atoms with Crippen molar-refractivity contribution in [2.24, 2.45) is 0 Å². The summed E-state index contributed by atoms with van der Waals surface area (Å²) in [7, 11) is 2.01. The molecule has 0 saturated carbocycles. The first-order valence-corrected chi connectivity index (χ1v) is 7.12. The second kappa shape index (κ2) is 6.06. The van der Waals surface area contributed by atoms with Crippen LogP contribution < -0.4 is 0 Å². The third-order valence-corrected chi connectivity index (χ3v) is 5.44. The van der Waals surface area contributed by atoms with Gasteiger partial charge in [-0.25, -0.2) is 9.59 Å². The van der Waals surface area contributed by atoms with E-state index in [1.165, 1.54) is 27.4 Å². The van der Waals surface area contributed by atoms with Gasteiger partial charge in [0.05, 0.1) is 0 Å². The number of hydrogen-bond donors (Lipinski definition) is 0. The van der Waals surface area contributed by atoms with Gasteiger partial charge in [0.15, 0.2) is 0 Å². The van der Waals surface area contributed by atoms with Crippen molar-refractivity contribution in [3.05, 3.63) is 11.6 Å². The Bertz CT molecular complexity index is 325. The molecule has 0 radical (unpaired) electrons. The topological polar surface area (TPSA) is 71.1 Å². The molecule has 0 fully saturated rings. The second-order valence-electron chi connectivity index (χ2n) is 3.53. The summed E-state index contributed by atoms with van der Waals surface area (Å²) in [6.45, 7) is 0. The standard InChI is InChI=1S/C10H16O6Si/c1-13-17(14-2,15-3)6-4-5-8-7-9(11)16-10(8)12/h7H,4-6H2,1-3H3. The number of esters is 2. The van der Waals surface area contributed by atoms with Crippen LogP contribution in [0.25, 0.3) is 0 Å². The average molecular weight is 260 g/mol. The highest BCUT2D eigenvalue weighted by molar-refractivity contribution is 6.60. The summed E-state index contributed by atoms with van der Waals surface area (Å²) in [6.07, 6.45) is 2.31. The molecule has 0 spiro atoms. The zero-order valence-electron chi connectivity index (χ0n) is 10.1. The van der Waals surface area contributed by atoms with E-state index in [0.717, 1.165) is 0 Å². The minimum atomic E-state index is -2.59. The lowest BCUT2D eigenvalue weighted by Gasteiger charge is -2.24. The van der Waals surface area contributed by atoms with E-state index >= 15 is 0 Å². The van der Waals surface area contributed by atoms with Crippen LogP contribution in [0.1, 0.15) is 12.8 Å². The molecular weight excluding hydrogens is 244 g/mol. The third kappa shape index (κ3) is 3.47. The van der Waals surface area contributed by atoms with Gasteiger partial charge in [-0.15, -0.1) is 0 Å². The predicted octanol–water partition coefficient (Wildman–Crippen LogP) is 0.654. The molecule has 0 N–H and O–H groups in total. The summed E-state index contributed by atoms with van der Waals surface area (Å²) in [4.78, 5) is 22.0. The quantitative estimate of drug-likeness (QED) is 0.380. The van der Waals surface area contributed by atoms with Gasteiger partial charge in [-0.2, -0.15) is 0 Å². The first-order valence-electron chi connectivity index (χ1n) is 5.19. The van der Waals surface area contributed by atoms with Gasteiger partial charge >= 0.3 is 20.7 Å². The summed E-state index contributed by atoms with van der Waals surface area (Å²) in [6, 6.07) is 0.579. The molecule has 0 amide bonds. The Kier molecular flexibility index (Phi) is 5.00. The fourth-order valence-electron chi connectivity index (χ4n) is 1.61. The van der Waals surface area contributed by atoms with E-state index in [1.807, 2.05) is 0 Å². The highest BCUT2D eigenvalue weighted by Crippen LogP contribution is 2.21. The fraction of sp³-hybridized carbons (Fsp3) is 0.600. The van der Waals surface area contributed by atoms with Gasteiger partial charge in [0.2, 0.25) is 0 Å². The summed E-state index contributed by atoms with van der Waals surface area (Å²) >= 11 is 0. The lowest BCUT2D eigenvalue weighted by molar-refractivity contribution is -0.150. The average Bonchev–Trinajstić information content (AvgIpc) is 2.64. The second-order valence-corrected chi connectivity index (χ2v) is 6.62. The van der Waals surface area contributed by atoms with Crippen LogP contribution in [0.2, 0.25) is 6.04 Å². The van der Waals surface area contributed by atoms with Crippen LogP contribution in [0.3, 0.4) is 0 Å². The van der Waals surface area contributed by atoms with Crippen molar-refractivity contribution in [1.82, 2.24) is 0 Å². The maximum atomic E-state index is 11.2. The van der Waals surface area contributed by atoms with E-state index in [0.29, 0.717) is 24.5 Å². The molecule has 7 heteroatoms. The number of ether oxygens (including phenoxy) is 1. The van der Waals surface area contributed by atoms with Gasteiger partial charge < -0.3 is 18.0 Å². The van der Waals surface area contributed by atoms with E-state index in [9.17, 15) is 9.59 Å². The first-order chi connectivity index (χ1) is 8.06. The molecule has 1 heterocycles. The molecule has 1 aliphatic rings. The molecule has 0 aromatic rings. The molecule has 96 valence electrons. The van der Waals surface area contributed by atoms with Crippen LogP contribution in [-0.2, 0) is 27.6 Å². The lowest BCUT2D eigenvalue weighted by Crippen LogP contribution is -2.42. The zero-order chi connectivity index (χ0) is 12.9. The van der Waals surface area contributed by atoms with Crippen molar-refractivity contribution in [2.45, 2.75) is 18.9 Å². The van der Waals surface area contributed by atoms with Gasteiger partial charge in [-0.05, 0) is 12.8 Å². The van der Waals surface area contributed by atoms with Crippen LogP contribution in [0.15, 0.2) is 11.6 Å². The summed E-state index contributed by atoms with van der Waals surface area (Å²) in [5.74, 6) is -1.16. The molecule has 0 unspecified atom stereocenters. The predicted molar refractivity (Wildman–Crippen MR) is 60.0 cm³/mol. The highest BCUT2D eigenvalue weighted by Gasteiger charge is 2.37. The van der Waals surface area contributed by atoms with E-state index in [4.69, 9.17) is 13.3 Å². The summed E-state index contributed by atoms with van der Waals surface area (Å²) < 4.78 is 20.1. The Balaban J connectivity index is 2.44. The smallest absolute Gasteiger partial charge is 0.386 e. The molecule has 0 aromatic heterocycles. The number of cyclic esters (lactones) is 2. The molecule has 1 rings (SSSR count). The van der Waals surface area contributed by atoms with Crippen molar-refractivity contribution >= 4 is 20.7 Å². The van der Waals surface area contributed by atoms with Crippen molar-refractivity contribution in [3.8, 4) is 0 Å². The van der Waals surface area contributed by atoms with Gasteiger partial charge in [0.25, 0.3) is 0 Å². The molecule has 1 aliphatic heterocycles. The van der Waals surface area contributed by atoms with Crippen LogP contribution in [0, 0.1) is 0 Å². The maximum Gasteiger partial charge on any atom is 0.500 e. The number of carbonyl (C=O) groups excluding carboxylic acids is 2. The van der Waals surface area contributed by atoms with Crippen molar-refractivity contribution in [2.75, 3.05) is 21.3 Å². The molecular formula is C10H16O6Si. The fourth-order valence-corrected chi connectivity index (χ4v) is 3.34. The van der Waals surface area contributed by atoms with Gasteiger partial charge in [0, 0.05) is 39.0 Å². The van der Waals surface area contributed by atoms with E-state index in [-0.39, 0.29) is 0 Å². The SMILES string of the molecule is CO[Si](CCCC1=CC(=O)OC1=O)(OC)OC. The first kappa shape index (κ1) is 14.0. The maximum absolute atomic E-state index is 11.2. The summed E-state index contributed by atoms with van der Waals surface area (Å²) in [5.41, 5.74) is 0.390. The number of rotatable bonds is 7. The lowest BCUT2D eigenvalue weighted by atomic mass is 10.1. The molecule has 0 atom stereocenters. The monoisotopic (exact) mass is 260 g/mol. The largest absolute Gasteiger partial charge is 0.500 e. The molecule has 0 bridgehead atoms. The highest BCUT2D eigenvalue weighted by atomic mass is 28.4. The molecule has 6 nitrogen and oxygen atoms in total. The van der Waals surface area contributed by atoms with Crippen LogP contribution >= 0.6 is 0 Å². The molecule has 0 aliphatic carbocycles. The van der Waals surface area contributed by atoms with Gasteiger partial charge in [-0.1, -0.05) is 0 Å². The van der Waals surface area contributed by atoms with Crippen LogP contribution in [-0.4, -0.2) is 42.1 Å². The van der Waals surface area contributed by atoms with Crippen LogP contribution in [0.4, 0.5) is 0 Å². The van der Waals surface area contributed by atoms with Crippen molar-refractivity contribution in [1.29, 1.82) is 0 Å². The molecule has 0 saturated heterocycles. The van der Waals surface area contributed by atoms with Gasteiger partial charge in [0.1, 0.15) is 0 Å². The minimum Gasteiger partial charge on any atom is -0.386 e. The Hall–Kier alpha value is -1.02. The van der Waals surface area contributed by atoms with Gasteiger partial charge in [-0.3, -0.25) is 0 Å². The molecule has 0 aromatic carbocycles. The van der Waals surface area contributed by atoms with E-state index in [2.05, 4.69) is 4.74 Å². The Labute approximate surface area is 101 Å². The van der Waals surface area contributed by atoms with E-state index in [1.54, 1.807) is 0 Å². The normalized spacial score (nSPS) is 16.1. The Morgan fingerprint density at radius 1 is 1.18 bits per heavy atom. The Morgan fingerprint density at radius 2 is 1.76 bits per heavy atom. The zero-order valence-corrected chi connectivity index (χ0v) is 11.1. The Morgan fingerprint density at radius 3 is 2.18 bits per heavy atom. The number of carbonyl (C=O) groups is 2. The molecule has 17 heavy (non-hydrogen) atoms. The third-order valence-electron chi connectivity index (χ3n) is 2.61. The minimum absolute atomic E-state index is 0.390. The van der Waals surface area contributed by atoms with Crippen molar-refractivity contribution < 1.29 is 27.6 Å². The van der Waals surface area contributed by atoms with E-state index < -0.39 is 20.7 Å².